The number of hydrogen-bond donors (Lipinski definition) is 1. The van der Waals surface area contributed by atoms with Gasteiger partial charge < -0.3 is 10.5 Å². The summed E-state index contributed by atoms with van der Waals surface area (Å²) >= 11 is 0. The van der Waals surface area contributed by atoms with Crippen LogP contribution in [0.3, 0.4) is 0 Å². The molecule has 2 rings (SSSR count). The molecule has 112 valence electrons. The van der Waals surface area contributed by atoms with Gasteiger partial charge in [0.1, 0.15) is 5.75 Å². The van der Waals surface area contributed by atoms with Crippen molar-refractivity contribution in [3.05, 3.63) is 29.8 Å². The Morgan fingerprint density at radius 1 is 1.35 bits per heavy atom. The van der Waals surface area contributed by atoms with Crippen molar-refractivity contribution >= 4 is 9.84 Å². The average Bonchev–Trinajstić information content (AvgIpc) is 2.79. The number of benzene rings is 1. The van der Waals surface area contributed by atoms with Crippen molar-refractivity contribution in [3.63, 3.8) is 0 Å². The summed E-state index contributed by atoms with van der Waals surface area (Å²) in [6.45, 7) is 1.97. The van der Waals surface area contributed by atoms with E-state index in [1.807, 2.05) is 24.3 Å². The van der Waals surface area contributed by atoms with Crippen LogP contribution >= 0.6 is 0 Å². The minimum Gasteiger partial charge on any atom is -0.497 e. The van der Waals surface area contributed by atoms with E-state index in [4.69, 9.17) is 10.5 Å². The number of hydrogen-bond acceptors (Lipinski definition) is 5. The molecule has 1 saturated heterocycles. The third kappa shape index (κ3) is 3.94. The molecule has 1 unspecified atom stereocenters. The zero-order valence-corrected chi connectivity index (χ0v) is 12.6. The number of ether oxygens (including phenoxy) is 1. The Morgan fingerprint density at radius 3 is 2.55 bits per heavy atom. The molecule has 0 aliphatic carbocycles. The van der Waals surface area contributed by atoms with Gasteiger partial charge in [0.15, 0.2) is 9.84 Å². The van der Waals surface area contributed by atoms with Crippen molar-refractivity contribution in [2.75, 3.05) is 31.7 Å². The third-order valence-corrected chi connectivity index (χ3v) is 5.44. The number of nitrogens with zero attached hydrogens (tertiary/aromatic N) is 1. The summed E-state index contributed by atoms with van der Waals surface area (Å²) in [6.07, 6.45) is 0.707. The summed E-state index contributed by atoms with van der Waals surface area (Å²) < 4.78 is 28.4. The highest BCUT2D eigenvalue weighted by atomic mass is 32.2. The van der Waals surface area contributed by atoms with Crippen LogP contribution in [0.2, 0.25) is 0 Å². The lowest BCUT2D eigenvalue weighted by molar-refractivity contribution is 0.209. The molecule has 1 aromatic rings. The SMILES string of the molecule is COc1ccc(CN(CCN)C2CCS(=O)(=O)C2)cc1. The van der Waals surface area contributed by atoms with Crippen LogP contribution in [-0.2, 0) is 16.4 Å². The van der Waals surface area contributed by atoms with Crippen LogP contribution in [0.25, 0.3) is 0 Å². The second-order valence-corrected chi connectivity index (χ2v) is 7.39. The first-order valence-corrected chi connectivity index (χ1v) is 8.63. The molecule has 0 bridgehead atoms. The zero-order valence-electron chi connectivity index (χ0n) is 11.8. The second kappa shape index (κ2) is 6.56. The summed E-state index contributed by atoms with van der Waals surface area (Å²) in [7, 11) is -1.23. The molecule has 1 aliphatic heterocycles. The van der Waals surface area contributed by atoms with Crippen LogP contribution < -0.4 is 10.5 Å². The molecule has 5 nitrogen and oxygen atoms in total. The van der Waals surface area contributed by atoms with E-state index in [2.05, 4.69) is 4.90 Å². The Balaban J connectivity index is 2.05. The number of sulfone groups is 1. The minimum absolute atomic E-state index is 0.0886. The fourth-order valence-corrected chi connectivity index (χ4v) is 4.35. The first-order chi connectivity index (χ1) is 9.54. The topological polar surface area (TPSA) is 72.6 Å². The zero-order chi connectivity index (χ0) is 14.6. The van der Waals surface area contributed by atoms with Crippen LogP contribution in [-0.4, -0.2) is 51.1 Å². The van der Waals surface area contributed by atoms with Crippen molar-refractivity contribution in [1.29, 1.82) is 0 Å². The summed E-state index contributed by atoms with van der Waals surface area (Å²) in [5, 5.41) is 0. The number of methoxy groups -OCH3 is 1. The number of rotatable bonds is 6. The highest BCUT2D eigenvalue weighted by Crippen LogP contribution is 2.20. The van der Waals surface area contributed by atoms with E-state index in [1.54, 1.807) is 7.11 Å². The van der Waals surface area contributed by atoms with Gasteiger partial charge >= 0.3 is 0 Å². The van der Waals surface area contributed by atoms with Gasteiger partial charge in [-0.2, -0.15) is 0 Å². The molecule has 1 aromatic carbocycles. The monoisotopic (exact) mass is 298 g/mol. The maximum atomic E-state index is 11.6. The van der Waals surface area contributed by atoms with Crippen molar-refractivity contribution < 1.29 is 13.2 Å². The Labute approximate surface area is 120 Å². The Morgan fingerprint density at radius 2 is 2.05 bits per heavy atom. The summed E-state index contributed by atoms with van der Waals surface area (Å²) in [6, 6.07) is 7.94. The van der Waals surface area contributed by atoms with Crippen LogP contribution in [0.4, 0.5) is 0 Å². The van der Waals surface area contributed by atoms with Crippen LogP contribution in [0.5, 0.6) is 5.75 Å². The van der Waals surface area contributed by atoms with E-state index in [9.17, 15) is 8.42 Å². The van der Waals surface area contributed by atoms with E-state index in [1.165, 1.54) is 0 Å². The van der Waals surface area contributed by atoms with Crippen LogP contribution in [0, 0.1) is 0 Å². The summed E-state index contributed by atoms with van der Waals surface area (Å²) in [5.41, 5.74) is 6.79. The van der Waals surface area contributed by atoms with Crippen LogP contribution in [0.1, 0.15) is 12.0 Å². The predicted octanol–water partition coefficient (Wildman–Crippen LogP) is 0.643. The smallest absolute Gasteiger partial charge is 0.151 e. The third-order valence-electron chi connectivity index (χ3n) is 3.69. The largest absolute Gasteiger partial charge is 0.497 e. The van der Waals surface area contributed by atoms with E-state index in [-0.39, 0.29) is 11.8 Å². The number of nitrogens with two attached hydrogens (primary N) is 1. The van der Waals surface area contributed by atoms with Crippen molar-refractivity contribution in [2.24, 2.45) is 5.73 Å². The lowest BCUT2D eigenvalue weighted by Crippen LogP contribution is -2.39. The maximum absolute atomic E-state index is 11.6. The van der Waals surface area contributed by atoms with Gasteiger partial charge in [-0.05, 0) is 24.1 Å². The molecule has 1 fully saturated rings. The second-order valence-electron chi connectivity index (χ2n) is 5.16. The molecule has 1 heterocycles. The van der Waals surface area contributed by atoms with Gasteiger partial charge in [0, 0.05) is 25.7 Å². The van der Waals surface area contributed by atoms with E-state index >= 15 is 0 Å². The molecule has 6 heteroatoms. The van der Waals surface area contributed by atoms with Crippen LogP contribution in [0.15, 0.2) is 24.3 Å². The molecule has 2 N–H and O–H groups in total. The standard InChI is InChI=1S/C14H22N2O3S/c1-19-14-4-2-12(3-5-14)10-16(8-7-15)13-6-9-20(17,18)11-13/h2-5,13H,6-11,15H2,1H3. The highest BCUT2D eigenvalue weighted by Gasteiger charge is 2.31. The molecule has 0 spiro atoms. The predicted molar refractivity (Wildman–Crippen MR) is 79.5 cm³/mol. The molecule has 0 amide bonds. The molecular weight excluding hydrogens is 276 g/mol. The highest BCUT2D eigenvalue weighted by molar-refractivity contribution is 7.91. The van der Waals surface area contributed by atoms with Crippen molar-refractivity contribution in [3.8, 4) is 5.75 Å². The molecule has 0 radical (unpaired) electrons. The first kappa shape index (κ1) is 15.3. The Bertz CT molecular complexity index is 528. The van der Waals surface area contributed by atoms with Gasteiger partial charge in [-0.25, -0.2) is 8.42 Å². The van der Waals surface area contributed by atoms with Crippen molar-refractivity contribution in [2.45, 2.75) is 19.0 Å². The molecular formula is C14H22N2O3S. The quantitative estimate of drug-likeness (QED) is 0.834. The van der Waals surface area contributed by atoms with Gasteiger partial charge in [0.25, 0.3) is 0 Å². The van der Waals surface area contributed by atoms with Crippen molar-refractivity contribution in [1.82, 2.24) is 4.90 Å². The van der Waals surface area contributed by atoms with E-state index in [0.29, 0.717) is 25.3 Å². The van der Waals surface area contributed by atoms with Gasteiger partial charge in [0.05, 0.1) is 18.6 Å². The lowest BCUT2D eigenvalue weighted by Gasteiger charge is -2.27. The maximum Gasteiger partial charge on any atom is 0.151 e. The van der Waals surface area contributed by atoms with Gasteiger partial charge in [-0.3, -0.25) is 4.90 Å². The summed E-state index contributed by atoms with van der Waals surface area (Å²) in [4.78, 5) is 2.17. The fraction of sp³-hybridized carbons (Fsp3) is 0.571. The van der Waals surface area contributed by atoms with E-state index < -0.39 is 9.84 Å². The average molecular weight is 298 g/mol. The first-order valence-electron chi connectivity index (χ1n) is 6.81. The fourth-order valence-electron chi connectivity index (χ4n) is 2.59. The van der Waals surface area contributed by atoms with E-state index in [0.717, 1.165) is 17.9 Å². The molecule has 0 aromatic heterocycles. The van der Waals surface area contributed by atoms with Gasteiger partial charge in [-0.15, -0.1) is 0 Å². The molecule has 0 saturated carbocycles. The van der Waals surface area contributed by atoms with Gasteiger partial charge in [0.2, 0.25) is 0 Å². The minimum atomic E-state index is -2.86. The van der Waals surface area contributed by atoms with Gasteiger partial charge in [-0.1, -0.05) is 12.1 Å². The Kier molecular flexibility index (Phi) is 5.01. The molecule has 1 atom stereocenters. The Hall–Kier alpha value is -1.11. The lowest BCUT2D eigenvalue weighted by atomic mass is 10.1. The normalized spacial score (nSPS) is 21.2. The molecule has 1 aliphatic rings. The summed E-state index contributed by atoms with van der Waals surface area (Å²) in [5.74, 6) is 1.37. The molecule has 20 heavy (non-hydrogen) atoms.